The molecule has 1 aromatic carbocycles. The maximum Gasteiger partial charge on any atom is 0.402 e. The third-order valence-corrected chi connectivity index (χ3v) is 2.31. The van der Waals surface area contributed by atoms with E-state index in [4.69, 9.17) is 9.84 Å². The number of carboxylic acid groups (broad SMARTS) is 1. The van der Waals surface area contributed by atoms with Crippen LogP contribution in [-0.4, -0.2) is 18.2 Å². The molecule has 0 aliphatic rings. The lowest BCUT2D eigenvalue weighted by atomic mass is 10.2. The molecule has 0 saturated heterocycles. The monoisotopic (exact) mass is 219 g/mol. The van der Waals surface area contributed by atoms with Gasteiger partial charge in [0.05, 0.1) is 18.6 Å². The van der Waals surface area contributed by atoms with Crippen LogP contribution in [0.3, 0.4) is 0 Å². The standard InChI is InChI=1S/C11H9NO4/c1-16-10-6-9(11(13)14)12(15)8-5-3-2-4-7(8)10/h2-6H,1H3,(H,13,14). The average molecular weight is 219 g/mol. The third-order valence-electron chi connectivity index (χ3n) is 2.31. The highest BCUT2D eigenvalue weighted by atomic mass is 16.5. The zero-order valence-electron chi connectivity index (χ0n) is 8.51. The second-order valence-corrected chi connectivity index (χ2v) is 3.21. The Hall–Kier alpha value is -2.30. The second kappa shape index (κ2) is 3.69. The van der Waals surface area contributed by atoms with E-state index in [1.165, 1.54) is 13.2 Å². The zero-order valence-corrected chi connectivity index (χ0v) is 8.51. The number of fused-ring (bicyclic) bond motifs is 1. The molecule has 0 unspecified atom stereocenters. The second-order valence-electron chi connectivity index (χ2n) is 3.21. The van der Waals surface area contributed by atoms with Gasteiger partial charge in [0.25, 0.3) is 0 Å². The van der Waals surface area contributed by atoms with Crippen molar-refractivity contribution in [1.29, 1.82) is 0 Å². The van der Waals surface area contributed by atoms with Crippen LogP contribution in [0, 0.1) is 5.21 Å². The van der Waals surface area contributed by atoms with Crippen LogP contribution in [-0.2, 0) is 0 Å². The molecular formula is C11H9NO4. The van der Waals surface area contributed by atoms with Gasteiger partial charge in [-0.15, -0.1) is 0 Å². The summed E-state index contributed by atoms with van der Waals surface area (Å²) < 4.78 is 5.45. The molecule has 16 heavy (non-hydrogen) atoms. The van der Waals surface area contributed by atoms with Crippen molar-refractivity contribution in [2.24, 2.45) is 0 Å². The lowest BCUT2D eigenvalue weighted by Gasteiger charge is -2.08. The normalized spacial score (nSPS) is 10.3. The minimum Gasteiger partial charge on any atom is -0.618 e. The van der Waals surface area contributed by atoms with Crippen molar-refractivity contribution in [2.75, 3.05) is 7.11 Å². The number of benzene rings is 1. The highest BCUT2D eigenvalue weighted by molar-refractivity contribution is 5.89. The number of carboxylic acids is 1. The van der Waals surface area contributed by atoms with E-state index in [1.807, 2.05) is 0 Å². The molecule has 0 aliphatic heterocycles. The van der Waals surface area contributed by atoms with Crippen molar-refractivity contribution in [3.05, 3.63) is 41.2 Å². The van der Waals surface area contributed by atoms with Gasteiger partial charge in [0.1, 0.15) is 5.75 Å². The van der Waals surface area contributed by atoms with E-state index >= 15 is 0 Å². The van der Waals surface area contributed by atoms with Gasteiger partial charge in [0.2, 0.25) is 5.52 Å². The maximum absolute atomic E-state index is 11.7. The molecule has 0 fully saturated rings. The Morgan fingerprint density at radius 3 is 2.75 bits per heavy atom. The minimum absolute atomic E-state index is 0.277. The van der Waals surface area contributed by atoms with Gasteiger partial charge in [-0.25, -0.2) is 4.79 Å². The number of carbonyl (C=O) groups is 1. The Bertz CT molecular complexity index is 565. The molecular weight excluding hydrogens is 210 g/mol. The van der Waals surface area contributed by atoms with Gasteiger partial charge in [-0.1, -0.05) is 12.1 Å². The summed E-state index contributed by atoms with van der Waals surface area (Å²) >= 11 is 0. The zero-order chi connectivity index (χ0) is 11.7. The number of nitrogens with zero attached hydrogens (tertiary/aromatic N) is 1. The van der Waals surface area contributed by atoms with Gasteiger partial charge in [-0.05, 0) is 6.07 Å². The summed E-state index contributed by atoms with van der Waals surface area (Å²) in [5.41, 5.74) is -0.0743. The fraction of sp³-hybridized carbons (Fsp3) is 0.0909. The number of hydrogen-bond acceptors (Lipinski definition) is 3. The molecule has 2 aromatic rings. The fourth-order valence-corrected chi connectivity index (χ4v) is 1.57. The lowest BCUT2D eigenvalue weighted by molar-refractivity contribution is -0.580. The first-order chi connectivity index (χ1) is 7.65. The van der Waals surface area contributed by atoms with E-state index in [-0.39, 0.29) is 11.2 Å². The number of hydrogen-bond donors (Lipinski definition) is 1. The lowest BCUT2D eigenvalue weighted by Crippen LogP contribution is -2.35. The summed E-state index contributed by atoms with van der Waals surface area (Å²) in [7, 11) is 1.43. The van der Waals surface area contributed by atoms with Gasteiger partial charge >= 0.3 is 11.7 Å². The Labute approximate surface area is 91.1 Å². The van der Waals surface area contributed by atoms with E-state index in [9.17, 15) is 10.0 Å². The van der Waals surface area contributed by atoms with Crippen LogP contribution in [0.15, 0.2) is 30.3 Å². The van der Waals surface area contributed by atoms with Crippen LogP contribution in [0.1, 0.15) is 10.5 Å². The summed E-state index contributed by atoms with van der Waals surface area (Å²) in [6.45, 7) is 0. The quantitative estimate of drug-likeness (QED) is 0.608. The SMILES string of the molecule is COc1cc(C(=O)O)[n+]([O-])c2ccccc12. The Balaban J connectivity index is 2.88. The van der Waals surface area contributed by atoms with E-state index in [0.29, 0.717) is 15.9 Å². The minimum atomic E-state index is -1.28. The Kier molecular flexibility index (Phi) is 2.36. The molecule has 1 aromatic heterocycles. The highest BCUT2D eigenvalue weighted by Gasteiger charge is 2.20. The van der Waals surface area contributed by atoms with Gasteiger partial charge in [0, 0.05) is 6.07 Å². The maximum atomic E-state index is 11.7. The van der Waals surface area contributed by atoms with Crippen molar-refractivity contribution >= 4 is 16.9 Å². The predicted octanol–water partition coefficient (Wildman–Crippen LogP) is 1.18. The fourth-order valence-electron chi connectivity index (χ4n) is 1.57. The predicted molar refractivity (Wildman–Crippen MR) is 56.4 cm³/mol. The molecule has 5 nitrogen and oxygen atoms in total. The summed E-state index contributed by atoms with van der Waals surface area (Å²) in [5.74, 6) is -0.904. The summed E-state index contributed by atoms with van der Waals surface area (Å²) in [6.07, 6.45) is 0. The van der Waals surface area contributed by atoms with Crippen molar-refractivity contribution in [3.63, 3.8) is 0 Å². The van der Waals surface area contributed by atoms with E-state index in [0.717, 1.165) is 0 Å². The van der Waals surface area contributed by atoms with Gasteiger partial charge in [0.15, 0.2) is 0 Å². The van der Waals surface area contributed by atoms with Crippen LogP contribution in [0.2, 0.25) is 0 Å². The van der Waals surface area contributed by atoms with Crippen LogP contribution in [0.5, 0.6) is 5.75 Å². The number of methoxy groups -OCH3 is 1. The van der Waals surface area contributed by atoms with E-state index in [2.05, 4.69) is 0 Å². The first-order valence-corrected chi connectivity index (χ1v) is 4.57. The first kappa shape index (κ1) is 10.2. The molecule has 82 valence electrons. The molecule has 1 heterocycles. The first-order valence-electron chi connectivity index (χ1n) is 4.57. The third kappa shape index (κ3) is 1.42. The molecule has 1 N–H and O–H groups in total. The largest absolute Gasteiger partial charge is 0.618 e. The molecule has 0 aliphatic carbocycles. The molecule has 0 radical (unpaired) electrons. The number of aromatic carboxylic acids is 1. The number of pyridine rings is 1. The highest BCUT2D eigenvalue weighted by Crippen LogP contribution is 2.23. The molecule has 0 saturated carbocycles. The van der Waals surface area contributed by atoms with Gasteiger partial charge < -0.3 is 15.1 Å². The topological polar surface area (TPSA) is 73.5 Å². The number of aromatic nitrogens is 1. The molecule has 0 amide bonds. The van der Waals surface area contributed by atoms with Crippen LogP contribution >= 0.6 is 0 Å². The van der Waals surface area contributed by atoms with Crippen molar-refractivity contribution in [2.45, 2.75) is 0 Å². The number of para-hydroxylation sites is 1. The van der Waals surface area contributed by atoms with Crippen molar-refractivity contribution in [3.8, 4) is 5.75 Å². The summed E-state index contributed by atoms with van der Waals surface area (Å²) in [5, 5.41) is 21.2. The molecule has 0 atom stereocenters. The summed E-state index contributed by atoms with van der Waals surface area (Å²) in [4.78, 5) is 10.9. The van der Waals surface area contributed by atoms with Crippen molar-refractivity contribution < 1.29 is 19.4 Å². The Morgan fingerprint density at radius 1 is 1.44 bits per heavy atom. The van der Waals surface area contributed by atoms with Crippen LogP contribution in [0.25, 0.3) is 10.9 Å². The van der Waals surface area contributed by atoms with E-state index < -0.39 is 5.97 Å². The van der Waals surface area contributed by atoms with Crippen LogP contribution < -0.4 is 9.47 Å². The van der Waals surface area contributed by atoms with Gasteiger partial charge in [-0.3, -0.25) is 0 Å². The average Bonchev–Trinajstić information content (AvgIpc) is 2.29. The van der Waals surface area contributed by atoms with Gasteiger partial charge in [-0.2, -0.15) is 4.73 Å². The van der Waals surface area contributed by atoms with E-state index in [1.54, 1.807) is 24.3 Å². The Morgan fingerprint density at radius 2 is 2.12 bits per heavy atom. The molecule has 2 rings (SSSR count). The summed E-state index contributed by atoms with van der Waals surface area (Å²) in [6, 6.07) is 7.90. The molecule has 0 bridgehead atoms. The molecule has 5 heteroatoms. The smallest absolute Gasteiger partial charge is 0.402 e. The van der Waals surface area contributed by atoms with Crippen LogP contribution in [0.4, 0.5) is 0 Å². The van der Waals surface area contributed by atoms with Crippen molar-refractivity contribution in [1.82, 2.24) is 0 Å². The number of ether oxygens (including phenoxy) is 1. The number of rotatable bonds is 2. The molecule has 0 spiro atoms.